The number of rotatable bonds is 11. The summed E-state index contributed by atoms with van der Waals surface area (Å²) in [6.07, 6.45) is -12.8. The molecular formula is C24H23ClF6N4O5S. The summed E-state index contributed by atoms with van der Waals surface area (Å²) in [5, 5.41) is 13.8. The van der Waals surface area contributed by atoms with Gasteiger partial charge in [-0.15, -0.1) is 5.10 Å². The number of carbonyl (C=O) groups excluding carboxylic acids is 1. The van der Waals surface area contributed by atoms with Gasteiger partial charge in [-0.3, -0.25) is 9.36 Å². The third-order valence-corrected chi connectivity index (χ3v) is 6.80. The van der Waals surface area contributed by atoms with Crippen LogP contribution in [0.25, 0.3) is 11.4 Å². The number of ketones is 1. The predicted octanol–water partition coefficient (Wildman–Crippen LogP) is 3.60. The Morgan fingerprint density at radius 2 is 1.68 bits per heavy atom. The van der Waals surface area contributed by atoms with Crippen LogP contribution in [0.2, 0.25) is 5.02 Å². The van der Waals surface area contributed by atoms with E-state index in [0.717, 1.165) is 24.5 Å². The number of hydrogen-bond donors (Lipinski definition) is 2. The van der Waals surface area contributed by atoms with Crippen LogP contribution >= 0.6 is 11.6 Å². The fraction of sp³-hybridized carbons (Fsp3) is 0.375. The van der Waals surface area contributed by atoms with Crippen molar-refractivity contribution in [3.05, 3.63) is 75.2 Å². The van der Waals surface area contributed by atoms with Gasteiger partial charge in [0.1, 0.15) is 6.54 Å². The average Bonchev–Trinajstić information content (AvgIpc) is 3.15. The molecule has 2 aromatic carbocycles. The van der Waals surface area contributed by atoms with Crippen molar-refractivity contribution in [3.8, 4) is 11.4 Å². The standard InChI is InChI=1S/C24H23ClF6N4O5S/c1-41(39,40)32-11-15(18-4-2-3-5-19(18)23(26,27)28)10-17(36)12-35-22(38)34(13-20(37)24(29,30)31)21(33-35)14-6-8-16(25)9-7-14/h2-9,15,20,32,37H,10-13H2,1H3/t15?,20-/m0/s1. The minimum absolute atomic E-state index is 0.126. The number of sulfonamides is 1. The Morgan fingerprint density at radius 3 is 2.24 bits per heavy atom. The number of hydrogen-bond acceptors (Lipinski definition) is 6. The molecule has 0 amide bonds. The zero-order chi connectivity index (χ0) is 30.8. The molecule has 2 atom stereocenters. The van der Waals surface area contributed by atoms with Crippen molar-refractivity contribution in [1.29, 1.82) is 0 Å². The molecule has 17 heteroatoms. The molecule has 224 valence electrons. The number of aliphatic hydroxyl groups is 1. The Kier molecular flexibility index (Phi) is 9.73. The van der Waals surface area contributed by atoms with Crippen molar-refractivity contribution in [2.75, 3.05) is 12.8 Å². The summed E-state index contributed by atoms with van der Waals surface area (Å²) >= 11 is 5.84. The number of benzene rings is 2. The van der Waals surface area contributed by atoms with Gasteiger partial charge in [0.05, 0.1) is 18.4 Å². The van der Waals surface area contributed by atoms with Crippen molar-refractivity contribution in [3.63, 3.8) is 0 Å². The minimum atomic E-state index is -5.08. The smallest absolute Gasteiger partial charge is 0.382 e. The monoisotopic (exact) mass is 628 g/mol. The van der Waals surface area contributed by atoms with Crippen LogP contribution in [-0.2, 0) is 34.1 Å². The number of carbonyl (C=O) groups is 1. The Balaban J connectivity index is 1.98. The summed E-state index contributed by atoms with van der Waals surface area (Å²) in [5.41, 5.74) is -2.55. The van der Waals surface area contributed by atoms with Crippen LogP contribution < -0.4 is 10.4 Å². The largest absolute Gasteiger partial charge is 0.416 e. The van der Waals surface area contributed by atoms with E-state index in [1.807, 2.05) is 0 Å². The van der Waals surface area contributed by atoms with Gasteiger partial charge in [-0.05, 0) is 35.9 Å². The van der Waals surface area contributed by atoms with Gasteiger partial charge >= 0.3 is 18.0 Å². The van der Waals surface area contributed by atoms with E-state index in [1.165, 1.54) is 30.3 Å². The first-order valence-electron chi connectivity index (χ1n) is 11.7. The molecular weight excluding hydrogens is 606 g/mol. The van der Waals surface area contributed by atoms with Gasteiger partial charge in [-0.2, -0.15) is 26.3 Å². The fourth-order valence-electron chi connectivity index (χ4n) is 3.96. The number of alkyl halides is 6. The summed E-state index contributed by atoms with van der Waals surface area (Å²) in [6, 6.07) is 9.67. The van der Waals surface area contributed by atoms with E-state index in [2.05, 4.69) is 9.82 Å². The van der Waals surface area contributed by atoms with E-state index in [4.69, 9.17) is 11.6 Å². The number of nitrogens with zero attached hydrogens (tertiary/aromatic N) is 3. The molecule has 3 aromatic rings. The summed E-state index contributed by atoms with van der Waals surface area (Å²) < 4.78 is 107. The topological polar surface area (TPSA) is 123 Å². The molecule has 0 radical (unpaired) electrons. The molecule has 41 heavy (non-hydrogen) atoms. The molecule has 1 unspecified atom stereocenters. The Labute approximate surface area is 234 Å². The van der Waals surface area contributed by atoms with Crippen LogP contribution in [0.1, 0.15) is 23.5 Å². The lowest BCUT2D eigenvalue weighted by Crippen LogP contribution is -2.37. The molecule has 2 N–H and O–H groups in total. The molecule has 0 aliphatic rings. The van der Waals surface area contributed by atoms with E-state index < -0.39 is 77.5 Å². The second-order valence-corrected chi connectivity index (χ2v) is 11.4. The Morgan fingerprint density at radius 1 is 1.07 bits per heavy atom. The molecule has 0 aliphatic heterocycles. The summed E-state index contributed by atoms with van der Waals surface area (Å²) in [5.74, 6) is -2.52. The maximum absolute atomic E-state index is 13.7. The van der Waals surface area contributed by atoms with Crippen LogP contribution in [0.15, 0.2) is 53.3 Å². The summed E-state index contributed by atoms with van der Waals surface area (Å²) in [7, 11) is -3.87. The van der Waals surface area contributed by atoms with Crippen molar-refractivity contribution in [2.24, 2.45) is 0 Å². The number of aliphatic hydroxyl groups excluding tert-OH is 1. The van der Waals surface area contributed by atoms with Crippen molar-refractivity contribution in [2.45, 2.75) is 43.9 Å². The predicted molar refractivity (Wildman–Crippen MR) is 136 cm³/mol. The highest BCUT2D eigenvalue weighted by atomic mass is 35.5. The molecule has 9 nitrogen and oxygen atoms in total. The summed E-state index contributed by atoms with van der Waals surface area (Å²) in [6.45, 7) is -2.71. The lowest BCUT2D eigenvalue weighted by Gasteiger charge is -2.21. The first-order valence-corrected chi connectivity index (χ1v) is 13.9. The Hall–Kier alpha value is -3.21. The normalized spacial score (nSPS) is 14.2. The molecule has 0 saturated heterocycles. The van der Waals surface area contributed by atoms with Gasteiger partial charge in [0.2, 0.25) is 10.0 Å². The van der Waals surface area contributed by atoms with Gasteiger partial charge in [0, 0.05) is 29.5 Å². The van der Waals surface area contributed by atoms with Crippen LogP contribution in [0, 0.1) is 0 Å². The van der Waals surface area contributed by atoms with Crippen LogP contribution in [0.3, 0.4) is 0 Å². The maximum atomic E-state index is 13.7. The summed E-state index contributed by atoms with van der Waals surface area (Å²) in [4.78, 5) is 26.0. The van der Waals surface area contributed by atoms with Crippen molar-refractivity contribution >= 4 is 27.4 Å². The first kappa shape index (κ1) is 32.3. The molecule has 1 heterocycles. The lowest BCUT2D eigenvalue weighted by molar-refractivity contribution is -0.207. The third kappa shape index (κ3) is 8.64. The third-order valence-electron chi connectivity index (χ3n) is 5.86. The van der Waals surface area contributed by atoms with Gasteiger partial charge in [-0.1, -0.05) is 29.8 Å². The molecule has 3 rings (SSSR count). The zero-order valence-electron chi connectivity index (χ0n) is 21.1. The molecule has 0 saturated carbocycles. The van der Waals surface area contributed by atoms with Gasteiger partial charge in [0.25, 0.3) is 0 Å². The SMILES string of the molecule is CS(=O)(=O)NCC(CC(=O)Cn1nc(-c2ccc(Cl)cc2)n(C[C@H](O)C(F)(F)F)c1=O)c1ccccc1C(F)(F)F. The lowest BCUT2D eigenvalue weighted by atomic mass is 9.89. The van der Waals surface area contributed by atoms with E-state index >= 15 is 0 Å². The zero-order valence-corrected chi connectivity index (χ0v) is 22.7. The second-order valence-electron chi connectivity index (χ2n) is 9.08. The molecule has 0 bridgehead atoms. The van der Waals surface area contributed by atoms with E-state index in [9.17, 15) is 49.5 Å². The number of halogens is 7. The molecule has 0 aliphatic carbocycles. The van der Waals surface area contributed by atoms with E-state index in [1.54, 1.807) is 0 Å². The average molecular weight is 629 g/mol. The molecule has 0 spiro atoms. The van der Waals surface area contributed by atoms with Crippen LogP contribution in [0.4, 0.5) is 26.3 Å². The van der Waals surface area contributed by atoms with Gasteiger partial charge < -0.3 is 5.11 Å². The highest BCUT2D eigenvalue weighted by molar-refractivity contribution is 7.88. The minimum Gasteiger partial charge on any atom is -0.382 e. The van der Waals surface area contributed by atoms with Crippen LogP contribution in [0.5, 0.6) is 0 Å². The molecule has 0 fully saturated rings. The Bertz CT molecular complexity index is 1550. The van der Waals surface area contributed by atoms with E-state index in [-0.39, 0.29) is 22.0 Å². The fourth-order valence-corrected chi connectivity index (χ4v) is 4.59. The van der Waals surface area contributed by atoms with Crippen LogP contribution in [-0.4, -0.2) is 58.7 Å². The number of aromatic nitrogens is 3. The molecule has 1 aromatic heterocycles. The highest BCUT2D eigenvalue weighted by Gasteiger charge is 2.40. The maximum Gasteiger partial charge on any atom is 0.416 e. The van der Waals surface area contributed by atoms with Gasteiger partial charge in [0.15, 0.2) is 17.7 Å². The van der Waals surface area contributed by atoms with Crippen molar-refractivity contribution < 1.29 is 44.7 Å². The number of Topliss-reactive ketones (excluding diaryl/α,β-unsaturated/α-hetero) is 1. The van der Waals surface area contributed by atoms with E-state index in [0.29, 0.717) is 9.25 Å². The quantitative estimate of drug-likeness (QED) is 0.313. The highest BCUT2D eigenvalue weighted by Crippen LogP contribution is 2.36. The number of nitrogens with one attached hydrogen (secondary N) is 1. The van der Waals surface area contributed by atoms with Crippen molar-refractivity contribution in [1.82, 2.24) is 19.1 Å². The second kappa shape index (κ2) is 12.3. The first-order chi connectivity index (χ1) is 18.9. The van der Waals surface area contributed by atoms with Gasteiger partial charge in [-0.25, -0.2) is 22.6 Å².